The highest BCUT2D eigenvalue weighted by Crippen LogP contribution is 2.32. The molecule has 2 aromatic heterocycles. The summed E-state index contributed by atoms with van der Waals surface area (Å²) >= 11 is 1.66. The summed E-state index contributed by atoms with van der Waals surface area (Å²) < 4.78 is 1.20. The topological polar surface area (TPSA) is 75.1 Å². The molecule has 2 heterocycles. The highest BCUT2D eigenvalue weighted by molar-refractivity contribution is 7.22. The third-order valence-electron chi connectivity index (χ3n) is 3.74. The highest BCUT2D eigenvalue weighted by Gasteiger charge is 2.11. The van der Waals surface area contributed by atoms with Gasteiger partial charge in [-0.1, -0.05) is 30.3 Å². The number of carboxylic acids is 1. The van der Waals surface area contributed by atoms with E-state index in [4.69, 9.17) is 0 Å². The maximum absolute atomic E-state index is 11.3. The molecule has 25 heavy (non-hydrogen) atoms. The molecule has 0 aliphatic heterocycles. The van der Waals surface area contributed by atoms with Crippen molar-refractivity contribution in [1.82, 2.24) is 9.97 Å². The highest BCUT2D eigenvalue weighted by atomic mass is 32.1. The number of para-hydroxylation sites is 1. The van der Waals surface area contributed by atoms with Crippen molar-refractivity contribution in [3.63, 3.8) is 0 Å². The summed E-state index contributed by atoms with van der Waals surface area (Å²) in [6.07, 6.45) is 1.67. The smallest absolute Gasteiger partial charge is 0.337 e. The number of fused-ring (bicyclic) bond motifs is 1. The van der Waals surface area contributed by atoms with Gasteiger partial charge >= 0.3 is 5.97 Å². The molecule has 122 valence electrons. The van der Waals surface area contributed by atoms with Crippen molar-refractivity contribution in [1.29, 1.82) is 0 Å². The van der Waals surface area contributed by atoms with Gasteiger partial charge in [-0.05, 0) is 35.7 Å². The summed E-state index contributed by atoms with van der Waals surface area (Å²) in [5, 5.41) is 13.5. The van der Waals surface area contributed by atoms with E-state index >= 15 is 0 Å². The summed E-state index contributed by atoms with van der Waals surface area (Å²) in [5.74, 6) is -0.632. The second-order valence-corrected chi connectivity index (χ2v) is 6.47. The van der Waals surface area contributed by atoms with Gasteiger partial charge in [0.05, 0.1) is 21.8 Å². The lowest BCUT2D eigenvalue weighted by molar-refractivity contribution is 0.0698. The van der Waals surface area contributed by atoms with Crippen molar-refractivity contribution in [2.45, 2.75) is 0 Å². The molecule has 0 spiro atoms. The Balaban J connectivity index is 1.69. The van der Waals surface area contributed by atoms with Gasteiger partial charge in [0.2, 0.25) is 5.95 Å². The zero-order valence-corrected chi connectivity index (χ0v) is 13.8. The minimum Gasteiger partial charge on any atom is -0.478 e. The van der Waals surface area contributed by atoms with Gasteiger partial charge in [0, 0.05) is 10.9 Å². The molecule has 6 heteroatoms. The Hall–Kier alpha value is -3.25. The van der Waals surface area contributed by atoms with Crippen molar-refractivity contribution >= 4 is 39.0 Å². The second-order valence-electron chi connectivity index (χ2n) is 5.39. The third kappa shape index (κ3) is 3.07. The first kappa shape index (κ1) is 15.3. The average molecular weight is 347 g/mol. The van der Waals surface area contributed by atoms with Gasteiger partial charge in [0.15, 0.2) is 0 Å². The van der Waals surface area contributed by atoms with Crippen LogP contribution in [0.1, 0.15) is 10.4 Å². The second kappa shape index (κ2) is 6.33. The van der Waals surface area contributed by atoms with E-state index in [1.165, 1.54) is 10.1 Å². The van der Waals surface area contributed by atoms with E-state index in [1.807, 2.05) is 18.2 Å². The van der Waals surface area contributed by atoms with E-state index in [1.54, 1.807) is 41.8 Å². The Kier molecular flexibility index (Phi) is 3.87. The number of nitrogens with zero attached hydrogens (tertiary/aromatic N) is 2. The molecule has 0 aliphatic carbocycles. The van der Waals surface area contributed by atoms with Crippen molar-refractivity contribution in [2.24, 2.45) is 0 Å². The zero-order chi connectivity index (χ0) is 17.2. The van der Waals surface area contributed by atoms with Crippen LogP contribution in [0.25, 0.3) is 20.7 Å². The van der Waals surface area contributed by atoms with Gasteiger partial charge in [-0.3, -0.25) is 0 Å². The van der Waals surface area contributed by atoms with E-state index in [-0.39, 0.29) is 5.56 Å². The first-order valence-electron chi connectivity index (χ1n) is 7.62. The number of carbonyl (C=O) groups is 1. The molecule has 2 aromatic carbocycles. The van der Waals surface area contributed by atoms with Crippen LogP contribution in [0.5, 0.6) is 0 Å². The monoisotopic (exact) mass is 347 g/mol. The Morgan fingerprint density at radius 3 is 2.68 bits per heavy atom. The fraction of sp³-hybridized carbons (Fsp3) is 0. The average Bonchev–Trinajstić information content (AvgIpc) is 3.06. The van der Waals surface area contributed by atoms with Crippen LogP contribution in [0.4, 0.5) is 11.6 Å². The van der Waals surface area contributed by atoms with Crippen molar-refractivity contribution < 1.29 is 9.90 Å². The number of nitrogens with one attached hydrogen (secondary N) is 1. The first-order valence-corrected chi connectivity index (χ1v) is 8.44. The molecule has 0 atom stereocenters. The van der Waals surface area contributed by atoms with Crippen molar-refractivity contribution in [3.8, 4) is 10.6 Å². The number of thiophene rings is 1. The largest absolute Gasteiger partial charge is 0.478 e. The van der Waals surface area contributed by atoms with Crippen LogP contribution in [-0.4, -0.2) is 21.0 Å². The SMILES string of the molecule is O=C(O)c1ccccc1Nc1nccc(-c2cc3ccccc3s2)n1. The molecule has 0 unspecified atom stereocenters. The van der Waals surface area contributed by atoms with Gasteiger partial charge in [-0.25, -0.2) is 14.8 Å². The molecule has 0 aliphatic rings. The molecule has 0 bridgehead atoms. The standard InChI is InChI=1S/C19H13N3O2S/c23-18(24)13-6-2-3-7-14(13)21-19-20-10-9-15(22-19)17-11-12-5-1-4-8-16(12)25-17/h1-11H,(H,23,24)(H,20,21,22). The number of anilines is 2. The maximum Gasteiger partial charge on any atom is 0.337 e. The minimum atomic E-state index is -0.997. The fourth-order valence-corrected chi connectivity index (χ4v) is 3.60. The molecule has 2 N–H and O–H groups in total. The predicted molar refractivity (Wildman–Crippen MR) is 99.5 cm³/mol. The predicted octanol–water partition coefficient (Wildman–Crippen LogP) is 4.80. The summed E-state index contributed by atoms with van der Waals surface area (Å²) in [6, 6.07) is 18.8. The normalized spacial score (nSPS) is 10.7. The number of hydrogen-bond acceptors (Lipinski definition) is 5. The Labute approximate surface area is 147 Å². The molecule has 0 amide bonds. The molecule has 0 radical (unpaired) electrons. The molecule has 0 fully saturated rings. The molecule has 0 saturated carbocycles. The van der Waals surface area contributed by atoms with Gasteiger partial charge in [-0.15, -0.1) is 11.3 Å². The molecule has 0 saturated heterocycles. The lowest BCUT2D eigenvalue weighted by Crippen LogP contribution is -2.04. The number of aromatic carboxylic acids is 1. The van der Waals surface area contributed by atoms with Crippen LogP contribution in [0, 0.1) is 0 Å². The van der Waals surface area contributed by atoms with Gasteiger partial charge in [0.1, 0.15) is 0 Å². The third-order valence-corrected chi connectivity index (χ3v) is 4.88. The fourth-order valence-electron chi connectivity index (χ4n) is 2.56. The van der Waals surface area contributed by atoms with Crippen LogP contribution in [-0.2, 0) is 0 Å². The summed E-state index contributed by atoms with van der Waals surface area (Å²) in [5.41, 5.74) is 1.44. The zero-order valence-electron chi connectivity index (χ0n) is 13.0. The summed E-state index contributed by atoms with van der Waals surface area (Å²) in [4.78, 5) is 21.1. The Morgan fingerprint density at radius 2 is 1.84 bits per heavy atom. The van der Waals surface area contributed by atoms with Crippen molar-refractivity contribution in [3.05, 3.63) is 72.4 Å². The van der Waals surface area contributed by atoms with Crippen molar-refractivity contribution in [2.75, 3.05) is 5.32 Å². The van der Waals surface area contributed by atoms with E-state index in [9.17, 15) is 9.90 Å². The van der Waals surface area contributed by atoms with Gasteiger partial charge < -0.3 is 10.4 Å². The minimum absolute atomic E-state index is 0.179. The van der Waals surface area contributed by atoms with Crippen LogP contribution in [0.3, 0.4) is 0 Å². The number of hydrogen-bond donors (Lipinski definition) is 2. The van der Waals surface area contributed by atoms with E-state index in [0.29, 0.717) is 11.6 Å². The van der Waals surface area contributed by atoms with E-state index in [0.717, 1.165) is 10.6 Å². The lowest BCUT2D eigenvalue weighted by Gasteiger charge is -2.08. The van der Waals surface area contributed by atoms with Crippen LogP contribution in [0.15, 0.2) is 66.9 Å². The Bertz CT molecular complexity index is 1040. The lowest BCUT2D eigenvalue weighted by atomic mass is 10.2. The number of aromatic nitrogens is 2. The molecule has 5 nitrogen and oxygen atoms in total. The molecular weight excluding hydrogens is 334 g/mol. The quantitative estimate of drug-likeness (QED) is 0.554. The summed E-state index contributed by atoms with van der Waals surface area (Å²) in [6.45, 7) is 0. The van der Waals surface area contributed by atoms with Gasteiger partial charge in [-0.2, -0.15) is 0 Å². The number of benzene rings is 2. The molecule has 4 aromatic rings. The number of carboxylic acid groups (broad SMARTS) is 1. The van der Waals surface area contributed by atoms with Gasteiger partial charge in [0.25, 0.3) is 0 Å². The summed E-state index contributed by atoms with van der Waals surface area (Å²) in [7, 11) is 0. The first-order chi connectivity index (χ1) is 12.2. The maximum atomic E-state index is 11.3. The van der Waals surface area contributed by atoms with Crippen LogP contribution >= 0.6 is 11.3 Å². The van der Waals surface area contributed by atoms with E-state index < -0.39 is 5.97 Å². The molecular formula is C19H13N3O2S. The van der Waals surface area contributed by atoms with E-state index in [2.05, 4.69) is 33.5 Å². The Morgan fingerprint density at radius 1 is 1.04 bits per heavy atom. The number of rotatable bonds is 4. The van der Waals surface area contributed by atoms with Crippen LogP contribution in [0.2, 0.25) is 0 Å². The molecule has 4 rings (SSSR count). The van der Waals surface area contributed by atoms with Crippen LogP contribution < -0.4 is 5.32 Å².